The lowest BCUT2D eigenvalue weighted by Gasteiger charge is -2.15. The first-order valence-electron chi connectivity index (χ1n) is 13.0. The van der Waals surface area contributed by atoms with Crippen molar-refractivity contribution < 1.29 is 0 Å². The molecule has 38 heavy (non-hydrogen) atoms. The monoisotopic (exact) mass is 488 g/mol. The number of nitrogens with zero attached hydrogens (tertiary/aromatic N) is 4. The van der Waals surface area contributed by atoms with E-state index in [0.29, 0.717) is 0 Å². The molecule has 4 aromatic carbocycles. The third-order valence-electron chi connectivity index (χ3n) is 7.73. The van der Waals surface area contributed by atoms with Crippen molar-refractivity contribution >= 4 is 54.6 Å². The molecule has 0 N–H and O–H groups in total. The second-order valence-corrected chi connectivity index (χ2v) is 9.92. The zero-order valence-electron chi connectivity index (χ0n) is 21.2. The van der Waals surface area contributed by atoms with E-state index in [4.69, 9.17) is 9.97 Å². The SMILES string of the molecule is Cc1nc2c3ccccc3n(-c3ccccc3)c2c2c(C)nc3c4ccccc4n(-c4ccccc4)c3c12. The fraction of sp³-hybridized carbons (Fsp3) is 0.0588. The Bertz CT molecular complexity index is 2030. The lowest BCUT2D eigenvalue weighted by molar-refractivity contribution is 1.16. The molecule has 0 aliphatic rings. The van der Waals surface area contributed by atoms with Crippen LogP contribution >= 0.6 is 0 Å². The summed E-state index contributed by atoms with van der Waals surface area (Å²) in [4.78, 5) is 10.6. The molecule has 0 unspecified atom stereocenters. The predicted octanol–water partition coefficient (Wildman–Crippen LogP) is 8.44. The average molecular weight is 489 g/mol. The van der Waals surface area contributed by atoms with Gasteiger partial charge in [-0.15, -0.1) is 0 Å². The lowest BCUT2D eigenvalue weighted by atomic mass is 10.0. The van der Waals surface area contributed by atoms with Gasteiger partial charge in [-0.1, -0.05) is 72.8 Å². The Labute approximate surface area is 219 Å². The first kappa shape index (κ1) is 21.2. The smallest absolute Gasteiger partial charge is 0.0974 e. The Hall–Kier alpha value is -4.96. The highest BCUT2D eigenvalue weighted by atomic mass is 15.0. The van der Waals surface area contributed by atoms with E-state index in [1.165, 1.54) is 0 Å². The molecule has 0 radical (unpaired) electrons. The maximum absolute atomic E-state index is 5.31. The van der Waals surface area contributed by atoms with Crippen LogP contribution in [-0.2, 0) is 0 Å². The quantitative estimate of drug-likeness (QED) is 0.245. The van der Waals surface area contributed by atoms with Crippen LogP contribution in [0, 0.1) is 13.8 Å². The third-order valence-corrected chi connectivity index (χ3v) is 7.73. The molecule has 0 aliphatic heterocycles. The third kappa shape index (κ3) is 2.74. The first-order chi connectivity index (χ1) is 18.7. The van der Waals surface area contributed by atoms with Gasteiger partial charge in [-0.05, 0) is 50.2 Å². The molecule has 0 spiro atoms. The summed E-state index contributed by atoms with van der Waals surface area (Å²) >= 11 is 0. The van der Waals surface area contributed by atoms with Crippen molar-refractivity contribution in [2.75, 3.05) is 0 Å². The van der Waals surface area contributed by atoms with Crippen molar-refractivity contribution in [3.8, 4) is 11.4 Å². The van der Waals surface area contributed by atoms with Crippen molar-refractivity contribution in [1.82, 2.24) is 19.1 Å². The van der Waals surface area contributed by atoms with Crippen molar-refractivity contribution in [3.05, 3.63) is 121 Å². The minimum atomic E-state index is 1.01. The highest BCUT2D eigenvalue weighted by Crippen LogP contribution is 2.42. The topological polar surface area (TPSA) is 35.6 Å². The number of hydrogen-bond acceptors (Lipinski definition) is 2. The highest BCUT2D eigenvalue weighted by Gasteiger charge is 2.24. The molecule has 0 saturated carbocycles. The van der Waals surface area contributed by atoms with E-state index in [1.54, 1.807) is 0 Å². The molecule has 8 aromatic rings. The summed E-state index contributed by atoms with van der Waals surface area (Å²) in [7, 11) is 0. The molecular formula is C34H24N4. The molecule has 4 nitrogen and oxygen atoms in total. The minimum absolute atomic E-state index is 1.01. The van der Waals surface area contributed by atoms with Crippen LogP contribution in [-0.4, -0.2) is 19.1 Å². The van der Waals surface area contributed by atoms with E-state index in [0.717, 1.165) is 77.4 Å². The molecular weight excluding hydrogens is 464 g/mol. The van der Waals surface area contributed by atoms with E-state index in [2.05, 4.69) is 132 Å². The van der Waals surface area contributed by atoms with Gasteiger partial charge in [-0.25, -0.2) is 0 Å². The molecule has 4 heteroatoms. The first-order valence-corrected chi connectivity index (χ1v) is 13.0. The van der Waals surface area contributed by atoms with Crippen LogP contribution in [0.1, 0.15) is 11.4 Å². The Kier molecular flexibility index (Phi) is 4.32. The maximum Gasteiger partial charge on any atom is 0.0974 e. The van der Waals surface area contributed by atoms with Crippen molar-refractivity contribution in [1.29, 1.82) is 0 Å². The second kappa shape index (κ2) is 7.77. The summed E-state index contributed by atoms with van der Waals surface area (Å²) in [5, 5.41) is 4.61. The number of benzene rings is 4. The molecule has 180 valence electrons. The zero-order chi connectivity index (χ0) is 25.4. The molecule has 8 rings (SSSR count). The molecule has 4 aromatic heterocycles. The van der Waals surface area contributed by atoms with Gasteiger partial charge < -0.3 is 9.13 Å². The molecule has 0 atom stereocenters. The van der Waals surface area contributed by atoms with Gasteiger partial charge in [0.2, 0.25) is 0 Å². The van der Waals surface area contributed by atoms with Gasteiger partial charge in [-0.2, -0.15) is 0 Å². The number of hydrogen-bond donors (Lipinski definition) is 0. The number of aromatic nitrogens is 4. The predicted molar refractivity (Wildman–Crippen MR) is 158 cm³/mol. The molecule has 0 amide bonds. The fourth-order valence-corrected chi connectivity index (χ4v) is 6.21. The van der Waals surface area contributed by atoms with Crippen LogP contribution in [0.4, 0.5) is 0 Å². The highest BCUT2D eigenvalue weighted by molar-refractivity contribution is 6.25. The van der Waals surface area contributed by atoms with E-state index >= 15 is 0 Å². The summed E-state index contributed by atoms with van der Waals surface area (Å²) < 4.78 is 4.71. The van der Waals surface area contributed by atoms with E-state index in [-0.39, 0.29) is 0 Å². The van der Waals surface area contributed by atoms with Gasteiger partial charge in [-0.3, -0.25) is 9.97 Å². The fourth-order valence-electron chi connectivity index (χ4n) is 6.21. The second-order valence-electron chi connectivity index (χ2n) is 9.92. The normalized spacial score (nSPS) is 11.9. The summed E-state index contributed by atoms with van der Waals surface area (Å²) in [5.41, 5.74) is 10.8. The number of rotatable bonds is 2. The standard InChI is InChI=1S/C34H24N4/c1-21-29-30(34-31(35-21)25-17-9-11-19-27(25)38(34)24-15-7-4-8-16-24)22(2)36-32-26-18-10-12-20-28(26)37(33(29)32)23-13-5-3-6-14-23/h3-20H,1-2H3. The number of pyridine rings is 2. The summed E-state index contributed by atoms with van der Waals surface area (Å²) in [5.74, 6) is 0. The van der Waals surface area contributed by atoms with Crippen LogP contribution in [0.5, 0.6) is 0 Å². The Morgan fingerprint density at radius 2 is 0.816 bits per heavy atom. The Balaban J connectivity index is 1.69. The van der Waals surface area contributed by atoms with Gasteiger partial charge in [0.05, 0.1) is 33.1 Å². The molecule has 0 bridgehead atoms. The number of para-hydroxylation sites is 4. The van der Waals surface area contributed by atoms with E-state index in [1.807, 2.05) is 0 Å². The minimum Gasteiger partial charge on any atom is -0.307 e. The van der Waals surface area contributed by atoms with Gasteiger partial charge in [0.25, 0.3) is 0 Å². The van der Waals surface area contributed by atoms with Gasteiger partial charge in [0, 0.05) is 44.3 Å². The van der Waals surface area contributed by atoms with Crippen LogP contribution < -0.4 is 0 Å². The van der Waals surface area contributed by atoms with Crippen molar-refractivity contribution in [2.45, 2.75) is 13.8 Å². The van der Waals surface area contributed by atoms with Crippen LogP contribution in [0.15, 0.2) is 109 Å². The van der Waals surface area contributed by atoms with Crippen molar-refractivity contribution in [2.24, 2.45) is 0 Å². The summed E-state index contributed by atoms with van der Waals surface area (Å²) in [6.07, 6.45) is 0. The molecule has 0 saturated heterocycles. The maximum atomic E-state index is 5.31. The van der Waals surface area contributed by atoms with Crippen LogP contribution in [0.25, 0.3) is 66.0 Å². The van der Waals surface area contributed by atoms with Crippen LogP contribution in [0.2, 0.25) is 0 Å². The van der Waals surface area contributed by atoms with Crippen molar-refractivity contribution in [3.63, 3.8) is 0 Å². The molecule has 0 fully saturated rings. The Morgan fingerprint density at radius 1 is 0.447 bits per heavy atom. The van der Waals surface area contributed by atoms with Crippen LogP contribution in [0.3, 0.4) is 0 Å². The number of aryl methyl sites for hydroxylation is 2. The lowest BCUT2D eigenvalue weighted by Crippen LogP contribution is -2.01. The van der Waals surface area contributed by atoms with Gasteiger partial charge in [0.1, 0.15) is 0 Å². The van der Waals surface area contributed by atoms with E-state index < -0.39 is 0 Å². The summed E-state index contributed by atoms with van der Waals surface area (Å²) in [6, 6.07) is 38.3. The van der Waals surface area contributed by atoms with E-state index in [9.17, 15) is 0 Å². The Morgan fingerprint density at radius 3 is 1.24 bits per heavy atom. The average Bonchev–Trinajstić information content (AvgIpc) is 3.46. The number of fused-ring (bicyclic) bond motifs is 9. The summed E-state index contributed by atoms with van der Waals surface area (Å²) in [6.45, 7) is 4.28. The largest absolute Gasteiger partial charge is 0.307 e. The van der Waals surface area contributed by atoms with Gasteiger partial charge >= 0.3 is 0 Å². The molecule has 4 heterocycles. The molecule has 0 aliphatic carbocycles. The van der Waals surface area contributed by atoms with Gasteiger partial charge in [0.15, 0.2) is 0 Å². The zero-order valence-corrected chi connectivity index (χ0v) is 21.2.